The van der Waals surface area contributed by atoms with Gasteiger partial charge in [0, 0.05) is 6.07 Å². The summed E-state index contributed by atoms with van der Waals surface area (Å²) < 4.78 is 6.85. The maximum Gasteiger partial charge on any atom is 0.413 e. The van der Waals surface area contributed by atoms with E-state index in [4.69, 9.17) is 4.74 Å². The van der Waals surface area contributed by atoms with E-state index in [1.807, 2.05) is 51.1 Å². The first-order chi connectivity index (χ1) is 8.96. The van der Waals surface area contributed by atoms with Gasteiger partial charge in [-0.05, 0) is 32.9 Å². The van der Waals surface area contributed by atoms with Gasteiger partial charge in [0.05, 0.1) is 11.9 Å². The van der Waals surface area contributed by atoms with E-state index < -0.39 is 11.7 Å². The number of rotatable bonds is 2. The van der Waals surface area contributed by atoms with Gasteiger partial charge in [-0.25, -0.2) is 9.48 Å². The number of benzene rings is 1. The summed E-state index contributed by atoms with van der Waals surface area (Å²) in [4.78, 5) is 11.7. The predicted molar refractivity (Wildman–Crippen MR) is 73.4 cm³/mol. The minimum atomic E-state index is -0.526. The smallest absolute Gasteiger partial charge is 0.413 e. The van der Waals surface area contributed by atoms with Crippen LogP contribution in [0.4, 0.5) is 10.6 Å². The highest BCUT2D eigenvalue weighted by Crippen LogP contribution is 2.15. The van der Waals surface area contributed by atoms with Crippen LogP contribution in [0, 0.1) is 0 Å². The van der Waals surface area contributed by atoms with Gasteiger partial charge in [0.1, 0.15) is 11.4 Å². The number of nitrogens with one attached hydrogen (secondary N) is 1. The van der Waals surface area contributed by atoms with Gasteiger partial charge in [-0.15, -0.1) is 0 Å². The second-order valence-electron chi connectivity index (χ2n) is 5.09. The Bertz CT molecular complexity index is 556. The number of nitrogens with zero attached hydrogens (tertiary/aromatic N) is 2. The summed E-state index contributed by atoms with van der Waals surface area (Å²) in [6.07, 6.45) is 1.13. The lowest BCUT2D eigenvalue weighted by atomic mass is 10.2. The minimum Gasteiger partial charge on any atom is -0.444 e. The number of hydrogen-bond acceptors (Lipinski definition) is 3. The van der Waals surface area contributed by atoms with Gasteiger partial charge in [-0.1, -0.05) is 18.2 Å². The van der Waals surface area contributed by atoms with Crippen LogP contribution in [-0.4, -0.2) is 21.5 Å². The maximum absolute atomic E-state index is 11.7. The normalized spacial score (nSPS) is 11.1. The van der Waals surface area contributed by atoms with E-state index in [1.54, 1.807) is 16.9 Å². The van der Waals surface area contributed by atoms with Crippen molar-refractivity contribution < 1.29 is 9.53 Å². The average Bonchev–Trinajstić information content (AvgIpc) is 2.75. The Hall–Kier alpha value is -2.30. The summed E-state index contributed by atoms with van der Waals surface area (Å²) in [6, 6.07) is 11.3. The highest BCUT2D eigenvalue weighted by molar-refractivity contribution is 5.84. The summed E-state index contributed by atoms with van der Waals surface area (Å²) in [5, 5.41) is 6.87. The first kappa shape index (κ1) is 13.1. The van der Waals surface area contributed by atoms with E-state index in [-0.39, 0.29) is 0 Å². The maximum atomic E-state index is 11.7. The molecular weight excluding hydrogens is 242 g/mol. The van der Waals surface area contributed by atoms with Crippen LogP contribution in [0.5, 0.6) is 0 Å². The molecule has 0 spiro atoms. The van der Waals surface area contributed by atoms with Crippen LogP contribution in [0.3, 0.4) is 0 Å². The van der Waals surface area contributed by atoms with E-state index in [1.165, 1.54) is 0 Å². The zero-order chi connectivity index (χ0) is 13.9. The van der Waals surface area contributed by atoms with Crippen LogP contribution >= 0.6 is 0 Å². The van der Waals surface area contributed by atoms with Crippen molar-refractivity contribution >= 4 is 11.9 Å². The molecule has 5 heteroatoms. The van der Waals surface area contributed by atoms with Gasteiger partial charge in [0.15, 0.2) is 0 Å². The fourth-order valence-corrected chi connectivity index (χ4v) is 1.58. The largest absolute Gasteiger partial charge is 0.444 e. The molecule has 0 atom stereocenters. The summed E-state index contributed by atoms with van der Waals surface area (Å²) in [7, 11) is 0. The average molecular weight is 259 g/mol. The predicted octanol–water partition coefficient (Wildman–Crippen LogP) is 3.22. The number of carbonyl (C=O) groups excluding carboxylic acids is 1. The van der Waals surface area contributed by atoms with Crippen molar-refractivity contribution in [3.05, 3.63) is 42.6 Å². The third-order valence-electron chi connectivity index (χ3n) is 2.27. The van der Waals surface area contributed by atoms with Crippen molar-refractivity contribution in [2.45, 2.75) is 26.4 Å². The van der Waals surface area contributed by atoms with Crippen molar-refractivity contribution in [1.29, 1.82) is 0 Å². The molecule has 1 aromatic heterocycles. The molecule has 0 fully saturated rings. The molecule has 1 amide bonds. The molecule has 2 rings (SSSR count). The molecule has 0 aliphatic heterocycles. The third kappa shape index (κ3) is 3.58. The van der Waals surface area contributed by atoms with Gasteiger partial charge in [-0.3, -0.25) is 5.32 Å². The highest BCUT2D eigenvalue weighted by Gasteiger charge is 2.17. The number of carbonyl (C=O) groups is 1. The molecule has 0 aliphatic rings. The lowest BCUT2D eigenvalue weighted by molar-refractivity contribution is 0.0635. The lowest BCUT2D eigenvalue weighted by Gasteiger charge is -2.19. The van der Waals surface area contributed by atoms with Gasteiger partial charge in [0.25, 0.3) is 0 Å². The topological polar surface area (TPSA) is 56.1 Å². The molecule has 1 heterocycles. The number of amides is 1. The van der Waals surface area contributed by atoms with Gasteiger partial charge in [-0.2, -0.15) is 5.10 Å². The molecular formula is C14H17N3O2. The van der Waals surface area contributed by atoms with E-state index in [0.29, 0.717) is 5.82 Å². The Morgan fingerprint density at radius 3 is 2.53 bits per heavy atom. The van der Waals surface area contributed by atoms with Crippen LogP contribution in [0.1, 0.15) is 20.8 Å². The quantitative estimate of drug-likeness (QED) is 0.900. The molecule has 0 bridgehead atoms. The highest BCUT2D eigenvalue weighted by atomic mass is 16.6. The molecule has 1 aromatic carbocycles. The van der Waals surface area contributed by atoms with E-state index >= 15 is 0 Å². The van der Waals surface area contributed by atoms with Gasteiger partial charge < -0.3 is 4.74 Å². The van der Waals surface area contributed by atoms with E-state index in [9.17, 15) is 4.79 Å². The Morgan fingerprint density at radius 1 is 1.21 bits per heavy atom. The summed E-state index contributed by atoms with van der Waals surface area (Å²) in [5.41, 5.74) is 0.348. The minimum absolute atomic E-state index is 0.495. The number of aromatic nitrogens is 2. The van der Waals surface area contributed by atoms with E-state index in [2.05, 4.69) is 10.4 Å². The van der Waals surface area contributed by atoms with Crippen LogP contribution in [-0.2, 0) is 4.74 Å². The summed E-state index contributed by atoms with van der Waals surface area (Å²) >= 11 is 0. The standard InChI is InChI=1S/C14H17N3O2/c1-14(2,3)19-13(18)16-12-9-10-15-17(12)11-7-5-4-6-8-11/h4-10H,1-3H3,(H,16,18). The fourth-order valence-electron chi connectivity index (χ4n) is 1.58. The molecule has 1 N–H and O–H groups in total. The van der Waals surface area contributed by atoms with Crippen LogP contribution in [0.2, 0.25) is 0 Å². The second kappa shape index (κ2) is 5.14. The molecule has 0 radical (unpaired) electrons. The van der Waals surface area contributed by atoms with Crippen molar-refractivity contribution in [2.24, 2.45) is 0 Å². The van der Waals surface area contributed by atoms with Crippen molar-refractivity contribution in [3.8, 4) is 5.69 Å². The number of para-hydroxylation sites is 1. The molecule has 5 nitrogen and oxygen atoms in total. The molecule has 0 saturated heterocycles. The molecule has 2 aromatic rings. The van der Waals surface area contributed by atoms with Crippen LogP contribution < -0.4 is 5.32 Å². The summed E-state index contributed by atoms with van der Waals surface area (Å²) in [6.45, 7) is 5.46. The zero-order valence-corrected chi connectivity index (χ0v) is 11.3. The number of hydrogen-bond donors (Lipinski definition) is 1. The molecule has 19 heavy (non-hydrogen) atoms. The Kier molecular flexibility index (Phi) is 3.55. The first-order valence-corrected chi connectivity index (χ1v) is 6.05. The first-order valence-electron chi connectivity index (χ1n) is 6.05. The Balaban J connectivity index is 2.15. The molecule has 0 saturated carbocycles. The molecule has 100 valence electrons. The van der Waals surface area contributed by atoms with Crippen molar-refractivity contribution in [3.63, 3.8) is 0 Å². The van der Waals surface area contributed by atoms with Crippen molar-refractivity contribution in [1.82, 2.24) is 9.78 Å². The summed E-state index contributed by atoms with van der Waals surface area (Å²) in [5.74, 6) is 0.570. The fraction of sp³-hybridized carbons (Fsp3) is 0.286. The van der Waals surface area contributed by atoms with Crippen LogP contribution in [0.15, 0.2) is 42.6 Å². The number of ether oxygens (including phenoxy) is 1. The number of anilines is 1. The Labute approximate surface area is 112 Å². The van der Waals surface area contributed by atoms with Crippen molar-refractivity contribution in [2.75, 3.05) is 5.32 Å². The SMILES string of the molecule is CC(C)(C)OC(=O)Nc1ccnn1-c1ccccc1. The third-order valence-corrected chi connectivity index (χ3v) is 2.27. The second-order valence-corrected chi connectivity index (χ2v) is 5.09. The zero-order valence-electron chi connectivity index (χ0n) is 11.3. The molecule has 0 aliphatic carbocycles. The van der Waals surface area contributed by atoms with Gasteiger partial charge in [0.2, 0.25) is 0 Å². The molecule has 0 unspecified atom stereocenters. The van der Waals surface area contributed by atoms with Gasteiger partial charge >= 0.3 is 6.09 Å². The monoisotopic (exact) mass is 259 g/mol. The van der Waals surface area contributed by atoms with E-state index in [0.717, 1.165) is 5.69 Å². The Morgan fingerprint density at radius 2 is 1.89 bits per heavy atom. The van der Waals surface area contributed by atoms with Crippen LogP contribution in [0.25, 0.3) is 5.69 Å². The lowest BCUT2D eigenvalue weighted by Crippen LogP contribution is -2.27.